The molecule has 8 nitrogen and oxygen atoms in total. The van der Waals surface area contributed by atoms with Crippen LogP contribution in [0.25, 0.3) is 0 Å². The molecular weight excluding hydrogens is 332 g/mol. The van der Waals surface area contributed by atoms with Crippen molar-refractivity contribution < 1.29 is 19.5 Å². The van der Waals surface area contributed by atoms with Crippen LogP contribution in [0.15, 0.2) is 29.8 Å². The lowest BCUT2D eigenvalue weighted by Crippen LogP contribution is -2.51. The summed E-state index contributed by atoms with van der Waals surface area (Å²) in [6.45, 7) is 1.67. The number of rotatable bonds is 4. The highest BCUT2D eigenvalue weighted by Gasteiger charge is 2.26. The first-order chi connectivity index (χ1) is 11.6. The minimum atomic E-state index is -1.12. The summed E-state index contributed by atoms with van der Waals surface area (Å²) in [5.41, 5.74) is -0.0186. The van der Waals surface area contributed by atoms with E-state index in [1.807, 2.05) is 11.4 Å². The zero-order valence-electron chi connectivity index (χ0n) is 12.8. The van der Waals surface area contributed by atoms with Gasteiger partial charge in [0.25, 0.3) is 5.91 Å². The monoisotopic (exact) mass is 348 g/mol. The van der Waals surface area contributed by atoms with Gasteiger partial charge in [0.1, 0.15) is 12.2 Å². The second-order valence-corrected chi connectivity index (χ2v) is 6.28. The van der Waals surface area contributed by atoms with E-state index in [0.717, 1.165) is 0 Å². The molecule has 0 aromatic carbocycles. The lowest BCUT2D eigenvalue weighted by molar-refractivity contribution is -0.133. The molecule has 2 aromatic rings. The van der Waals surface area contributed by atoms with Gasteiger partial charge >= 0.3 is 5.97 Å². The molecule has 3 heterocycles. The van der Waals surface area contributed by atoms with Crippen LogP contribution < -0.4 is 0 Å². The molecule has 0 saturated carbocycles. The summed E-state index contributed by atoms with van der Waals surface area (Å²) in [5, 5.41) is 14.8. The van der Waals surface area contributed by atoms with Crippen molar-refractivity contribution >= 4 is 29.1 Å². The van der Waals surface area contributed by atoms with Crippen LogP contribution in [-0.4, -0.2) is 68.6 Å². The number of aromatic nitrogens is 2. The van der Waals surface area contributed by atoms with Gasteiger partial charge in [-0.15, -0.1) is 11.3 Å². The molecule has 2 amide bonds. The number of piperazine rings is 1. The molecule has 1 aliphatic rings. The number of nitrogens with zero attached hydrogens (tertiary/aromatic N) is 4. The van der Waals surface area contributed by atoms with Gasteiger partial charge in [0.2, 0.25) is 5.91 Å². The predicted molar refractivity (Wildman–Crippen MR) is 86.0 cm³/mol. The van der Waals surface area contributed by atoms with E-state index in [9.17, 15) is 14.4 Å². The van der Waals surface area contributed by atoms with E-state index >= 15 is 0 Å². The number of carbonyl (C=O) groups excluding carboxylic acids is 2. The number of hydrogen-bond donors (Lipinski definition) is 1. The van der Waals surface area contributed by atoms with Crippen LogP contribution in [0.2, 0.25) is 0 Å². The SMILES string of the molecule is O=C(O)c1ccnn1CC(=O)N1CCN(C(=O)c2cccs2)CC1. The maximum atomic E-state index is 12.3. The number of carboxylic acids is 1. The van der Waals surface area contributed by atoms with Crippen LogP contribution in [0.4, 0.5) is 0 Å². The fourth-order valence-corrected chi connectivity index (χ4v) is 3.27. The molecule has 2 aromatic heterocycles. The summed E-state index contributed by atoms with van der Waals surface area (Å²) in [6.07, 6.45) is 1.36. The molecular formula is C15H16N4O4S. The minimum Gasteiger partial charge on any atom is -0.477 e. The fourth-order valence-electron chi connectivity index (χ4n) is 2.58. The summed E-state index contributed by atoms with van der Waals surface area (Å²) >= 11 is 1.40. The third-order valence-electron chi connectivity index (χ3n) is 3.87. The quantitative estimate of drug-likeness (QED) is 0.874. The lowest BCUT2D eigenvalue weighted by atomic mass is 10.3. The molecule has 9 heteroatoms. The van der Waals surface area contributed by atoms with E-state index in [0.29, 0.717) is 31.1 Å². The van der Waals surface area contributed by atoms with Gasteiger partial charge in [0.05, 0.1) is 4.88 Å². The van der Waals surface area contributed by atoms with E-state index in [-0.39, 0.29) is 24.1 Å². The van der Waals surface area contributed by atoms with Crippen LogP contribution in [-0.2, 0) is 11.3 Å². The Balaban J connectivity index is 1.56. The molecule has 1 aliphatic heterocycles. The average Bonchev–Trinajstić information content (AvgIpc) is 3.26. The largest absolute Gasteiger partial charge is 0.477 e. The van der Waals surface area contributed by atoms with Gasteiger partial charge in [0.15, 0.2) is 0 Å². The van der Waals surface area contributed by atoms with E-state index in [1.54, 1.807) is 15.9 Å². The maximum Gasteiger partial charge on any atom is 0.354 e. The standard InChI is InChI=1S/C15H16N4O4S/c20-13(10-19-11(15(22)23)3-4-16-19)17-5-7-18(8-6-17)14(21)12-2-1-9-24-12/h1-4,9H,5-8,10H2,(H,22,23). The normalized spacial score (nSPS) is 14.7. The Kier molecular flexibility index (Phi) is 4.61. The number of amides is 2. The second kappa shape index (κ2) is 6.83. The van der Waals surface area contributed by atoms with E-state index in [2.05, 4.69) is 5.10 Å². The van der Waals surface area contributed by atoms with Crippen LogP contribution in [0.1, 0.15) is 20.2 Å². The van der Waals surface area contributed by atoms with Crippen molar-refractivity contribution in [3.05, 3.63) is 40.3 Å². The van der Waals surface area contributed by atoms with E-state index in [1.165, 1.54) is 28.3 Å². The summed E-state index contributed by atoms with van der Waals surface area (Å²) in [6, 6.07) is 4.98. The fraction of sp³-hybridized carbons (Fsp3) is 0.333. The zero-order chi connectivity index (χ0) is 17.1. The number of carboxylic acid groups (broad SMARTS) is 1. The van der Waals surface area contributed by atoms with Crippen molar-refractivity contribution in [3.8, 4) is 0 Å². The molecule has 0 spiro atoms. The topological polar surface area (TPSA) is 95.7 Å². The van der Waals surface area contributed by atoms with Crippen molar-refractivity contribution in [1.82, 2.24) is 19.6 Å². The Morgan fingerprint density at radius 2 is 1.83 bits per heavy atom. The third kappa shape index (κ3) is 3.30. The van der Waals surface area contributed by atoms with Crippen molar-refractivity contribution in [1.29, 1.82) is 0 Å². The van der Waals surface area contributed by atoms with Gasteiger partial charge in [-0.1, -0.05) is 6.07 Å². The summed E-state index contributed by atoms with van der Waals surface area (Å²) < 4.78 is 1.17. The van der Waals surface area contributed by atoms with Crippen molar-refractivity contribution in [3.63, 3.8) is 0 Å². The molecule has 0 atom stereocenters. The number of aromatic carboxylic acids is 1. The molecule has 1 N–H and O–H groups in total. The summed E-state index contributed by atoms with van der Waals surface area (Å²) in [5.74, 6) is -1.34. The van der Waals surface area contributed by atoms with Crippen LogP contribution >= 0.6 is 11.3 Å². The Morgan fingerprint density at radius 1 is 1.12 bits per heavy atom. The van der Waals surface area contributed by atoms with Gasteiger partial charge in [0, 0.05) is 32.4 Å². The van der Waals surface area contributed by atoms with E-state index in [4.69, 9.17) is 5.11 Å². The van der Waals surface area contributed by atoms with Crippen molar-refractivity contribution in [2.75, 3.05) is 26.2 Å². The third-order valence-corrected chi connectivity index (χ3v) is 4.73. The van der Waals surface area contributed by atoms with Gasteiger partial charge < -0.3 is 14.9 Å². The molecule has 0 aliphatic carbocycles. The molecule has 24 heavy (non-hydrogen) atoms. The van der Waals surface area contributed by atoms with Crippen LogP contribution in [0, 0.1) is 0 Å². The van der Waals surface area contributed by atoms with Gasteiger partial charge in [-0.3, -0.25) is 9.59 Å². The molecule has 0 unspecified atom stereocenters. The number of carbonyl (C=O) groups is 3. The molecule has 3 rings (SSSR count). The predicted octanol–water partition coefficient (Wildman–Crippen LogP) is 0.627. The first kappa shape index (κ1) is 16.2. The van der Waals surface area contributed by atoms with Gasteiger partial charge in [-0.05, 0) is 17.5 Å². The highest BCUT2D eigenvalue weighted by atomic mass is 32.1. The second-order valence-electron chi connectivity index (χ2n) is 5.33. The Labute approximate surface area is 141 Å². The first-order valence-electron chi connectivity index (χ1n) is 7.42. The summed E-state index contributed by atoms with van der Waals surface area (Å²) in [7, 11) is 0. The zero-order valence-corrected chi connectivity index (χ0v) is 13.6. The summed E-state index contributed by atoms with van der Waals surface area (Å²) in [4.78, 5) is 39.7. The lowest BCUT2D eigenvalue weighted by Gasteiger charge is -2.34. The molecule has 126 valence electrons. The van der Waals surface area contributed by atoms with Crippen molar-refractivity contribution in [2.45, 2.75) is 6.54 Å². The molecule has 1 saturated heterocycles. The Bertz CT molecular complexity index is 747. The molecule has 0 radical (unpaired) electrons. The maximum absolute atomic E-state index is 12.3. The average molecular weight is 348 g/mol. The minimum absolute atomic E-state index is 0.0164. The van der Waals surface area contributed by atoms with Crippen molar-refractivity contribution in [2.24, 2.45) is 0 Å². The van der Waals surface area contributed by atoms with Crippen LogP contribution in [0.3, 0.4) is 0 Å². The van der Waals surface area contributed by atoms with Gasteiger partial charge in [-0.2, -0.15) is 5.10 Å². The first-order valence-corrected chi connectivity index (χ1v) is 8.30. The Morgan fingerprint density at radius 3 is 2.46 bits per heavy atom. The van der Waals surface area contributed by atoms with Gasteiger partial charge in [-0.25, -0.2) is 9.48 Å². The smallest absolute Gasteiger partial charge is 0.354 e. The number of hydrogen-bond acceptors (Lipinski definition) is 5. The highest BCUT2D eigenvalue weighted by molar-refractivity contribution is 7.12. The molecule has 0 bridgehead atoms. The number of thiophene rings is 1. The Hall–Kier alpha value is -2.68. The highest BCUT2D eigenvalue weighted by Crippen LogP contribution is 2.14. The van der Waals surface area contributed by atoms with Crippen LogP contribution in [0.5, 0.6) is 0 Å². The molecule has 1 fully saturated rings. The van der Waals surface area contributed by atoms with E-state index < -0.39 is 5.97 Å².